The summed E-state index contributed by atoms with van der Waals surface area (Å²) in [6.07, 6.45) is 10.8. The summed E-state index contributed by atoms with van der Waals surface area (Å²) in [5, 5.41) is 10.9. The molecule has 22 nitrogen and oxygen atoms in total. The molecule has 0 aliphatic carbocycles. The molecular weight excluding hydrogens is 1230 g/mol. The summed E-state index contributed by atoms with van der Waals surface area (Å²) in [7, 11) is -2.28. The van der Waals surface area contributed by atoms with E-state index in [4.69, 9.17) is 45.5 Å². The van der Waals surface area contributed by atoms with Gasteiger partial charge in [-0.25, -0.2) is 49.5 Å². The van der Waals surface area contributed by atoms with E-state index in [0.29, 0.717) is 63.3 Å². The molecule has 10 heterocycles. The van der Waals surface area contributed by atoms with Gasteiger partial charge < -0.3 is 48.5 Å². The zero-order valence-corrected chi connectivity index (χ0v) is 60.0. The van der Waals surface area contributed by atoms with E-state index in [9.17, 15) is 9.59 Å². The van der Waals surface area contributed by atoms with Crippen LogP contribution in [0, 0.1) is 34.6 Å². The van der Waals surface area contributed by atoms with Gasteiger partial charge in [-0.1, -0.05) is 50.9 Å². The van der Waals surface area contributed by atoms with Crippen molar-refractivity contribution in [3.05, 3.63) is 82.5 Å². The van der Waals surface area contributed by atoms with Gasteiger partial charge in [-0.05, 0) is 172 Å². The van der Waals surface area contributed by atoms with Crippen molar-refractivity contribution in [3.8, 4) is 32.7 Å². The lowest BCUT2D eigenvalue weighted by Gasteiger charge is -2.34. The largest absolute Gasteiger partial charge is 0.444 e. The van der Waals surface area contributed by atoms with Gasteiger partial charge in [-0.15, -0.1) is 0 Å². The molecule has 0 aromatic carbocycles. The molecule has 27 heteroatoms. The molecule has 0 unspecified atom stereocenters. The molecule has 2 amide bonds. The number of carbonyl (C=O) groups is 2. The Labute approximate surface area is 545 Å². The van der Waals surface area contributed by atoms with E-state index in [-0.39, 0.29) is 24.3 Å². The molecule has 2 atom stereocenters. The normalized spacial score (nSPS) is 15.7. The molecule has 2 N–H and O–H groups in total. The first-order valence-corrected chi connectivity index (χ1v) is 40.2. The molecule has 2 fully saturated rings. The number of halogens is 1. The predicted octanol–water partition coefficient (Wildman–Crippen LogP) is 14.5. The van der Waals surface area contributed by atoms with Crippen LogP contribution in [0.15, 0.2) is 49.1 Å². The van der Waals surface area contributed by atoms with Crippen LogP contribution in [0.4, 0.5) is 21.5 Å². The van der Waals surface area contributed by atoms with Crippen molar-refractivity contribution in [2.24, 2.45) is 0 Å². The number of piperidine rings is 2. The van der Waals surface area contributed by atoms with Gasteiger partial charge in [-0.2, -0.15) is 8.75 Å². The second kappa shape index (κ2) is 29.8. The zero-order valence-electron chi connectivity index (χ0n) is 55.6. The fourth-order valence-corrected chi connectivity index (χ4v) is 12.7. The average Bonchev–Trinajstić information content (AvgIpc) is 1.64. The van der Waals surface area contributed by atoms with Gasteiger partial charge in [0.2, 0.25) is 11.9 Å². The lowest BCUT2D eigenvalue weighted by Crippen LogP contribution is -2.47. The van der Waals surface area contributed by atoms with Crippen molar-refractivity contribution in [3.63, 3.8) is 0 Å². The number of rotatable bonds is 17. The van der Waals surface area contributed by atoms with Gasteiger partial charge in [0.25, 0.3) is 0 Å². The molecule has 2 aliphatic rings. The van der Waals surface area contributed by atoms with Crippen molar-refractivity contribution in [1.29, 1.82) is 0 Å². The van der Waals surface area contributed by atoms with Gasteiger partial charge in [0.05, 0.1) is 5.69 Å². The third kappa shape index (κ3) is 20.2. The quantitative estimate of drug-likeness (QED) is 0.0489. The lowest BCUT2D eigenvalue weighted by atomic mass is 10.1. The molecule has 0 bridgehead atoms. The molecule has 0 spiro atoms. The summed E-state index contributed by atoms with van der Waals surface area (Å²) < 4.78 is 35.8. The van der Waals surface area contributed by atoms with Crippen LogP contribution in [0.5, 0.6) is 0 Å². The van der Waals surface area contributed by atoms with E-state index in [1.807, 2.05) is 87.6 Å². The number of nitrogens with one attached hydrogen (secondary N) is 2. The number of hydrogen-bond acceptors (Lipinski definition) is 20. The van der Waals surface area contributed by atoms with Gasteiger partial charge in [0, 0.05) is 114 Å². The zero-order chi connectivity index (χ0) is 65.3. The van der Waals surface area contributed by atoms with Gasteiger partial charge >= 0.3 is 12.2 Å². The van der Waals surface area contributed by atoms with Gasteiger partial charge in [0.1, 0.15) is 64.1 Å². The maximum absolute atomic E-state index is 12.7. The molecule has 8 aromatic heterocycles. The van der Waals surface area contributed by atoms with E-state index < -0.39 is 27.3 Å². The molecule has 10 rings (SSSR count). The van der Waals surface area contributed by atoms with E-state index in [1.54, 1.807) is 16.0 Å². The average molecular weight is 1320 g/mol. The fraction of sp³-hybridized carbons (Fsp3) is 0.556. The van der Waals surface area contributed by atoms with Crippen LogP contribution in [0.25, 0.3) is 54.7 Å². The first-order chi connectivity index (χ1) is 42.3. The highest BCUT2D eigenvalue weighted by atomic mass is 35.5. The van der Waals surface area contributed by atoms with E-state index >= 15 is 0 Å². The van der Waals surface area contributed by atoms with Crippen LogP contribution < -0.4 is 10.6 Å². The summed E-state index contributed by atoms with van der Waals surface area (Å²) in [6, 6.07) is 10.6. The molecule has 486 valence electrons. The second-order valence-electron chi connectivity index (χ2n) is 27.6. The smallest absolute Gasteiger partial charge is 0.410 e. The van der Waals surface area contributed by atoms with Crippen molar-refractivity contribution in [1.82, 2.24) is 67.6 Å². The van der Waals surface area contributed by atoms with Gasteiger partial charge in [0.15, 0.2) is 10.0 Å². The van der Waals surface area contributed by atoms with E-state index in [0.717, 1.165) is 116 Å². The van der Waals surface area contributed by atoms with Crippen molar-refractivity contribution < 1.29 is 28.5 Å². The van der Waals surface area contributed by atoms with Crippen molar-refractivity contribution in [2.75, 3.05) is 50.0 Å². The van der Waals surface area contributed by atoms with Crippen LogP contribution in [0.2, 0.25) is 56.5 Å². The highest BCUT2D eigenvalue weighted by Gasteiger charge is 2.30. The highest BCUT2D eigenvalue weighted by Crippen LogP contribution is 2.34. The molecular formula is C63H91ClN16O6S2Si2. The molecule has 8 aromatic rings. The number of hydrogen-bond donors (Lipinski definition) is 2. The number of aryl methyl sites for hydroxylation is 5. The maximum Gasteiger partial charge on any atom is 0.410 e. The summed E-state index contributed by atoms with van der Waals surface area (Å²) in [6.45, 7) is 40.1. The Balaban J connectivity index is 0.000000191. The predicted molar refractivity (Wildman–Crippen MR) is 366 cm³/mol. The highest BCUT2D eigenvalue weighted by molar-refractivity contribution is 7.09. The number of amides is 2. The Kier molecular flexibility index (Phi) is 23.0. The first kappa shape index (κ1) is 69.3. The van der Waals surface area contributed by atoms with E-state index in [2.05, 4.69) is 124 Å². The Morgan fingerprint density at radius 1 is 0.600 bits per heavy atom. The summed E-state index contributed by atoms with van der Waals surface area (Å²) in [5.74, 6) is 2.55. The number of pyridine rings is 2. The number of ether oxygens (including phenoxy) is 4. The Bertz CT molecular complexity index is 3740. The van der Waals surface area contributed by atoms with Crippen LogP contribution in [0.3, 0.4) is 0 Å². The SMILES string of the molecule is Cc1cnc(N[C@H]2CCCN(C(=O)OC(C)(C)C)C2)nc1Cl.Cc1nsc(-c2ccc3c(-c4nc(N[C@H]5CCCN(C(=O)OC(C)(C)C)C5)ncc4C)cn(COCC[Si](C)(C)C)c3n2)n1.Cc1nsc(-c2ccc3c(C)cn(COCC[Si](C)(C)C)c3n2)n1. The molecule has 2 aliphatic heterocycles. The Morgan fingerprint density at radius 2 is 1.06 bits per heavy atom. The summed E-state index contributed by atoms with van der Waals surface area (Å²) >= 11 is 8.75. The van der Waals surface area contributed by atoms with Crippen molar-refractivity contribution in [2.45, 2.75) is 190 Å². The molecule has 0 saturated carbocycles. The van der Waals surface area contributed by atoms with Crippen molar-refractivity contribution >= 4 is 97.0 Å². The van der Waals surface area contributed by atoms with Crippen LogP contribution in [-0.4, -0.2) is 159 Å². The van der Waals surface area contributed by atoms with Gasteiger partial charge in [-0.3, -0.25) is 0 Å². The number of anilines is 2. The monoisotopic (exact) mass is 1320 g/mol. The topological polar surface area (TPSA) is 240 Å². The van der Waals surface area contributed by atoms with E-state index in [1.165, 1.54) is 34.7 Å². The number of nitrogens with zero attached hydrogens (tertiary/aromatic N) is 14. The molecule has 90 heavy (non-hydrogen) atoms. The summed E-state index contributed by atoms with van der Waals surface area (Å²) in [5.41, 5.74) is 7.20. The first-order valence-electron chi connectivity index (χ1n) is 30.9. The Morgan fingerprint density at radius 3 is 1.51 bits per heavy atom. The minimum atomic E-state index is -1.22. The fourth-order valence-electron chi connectivity index (χ4n) is 9.83. The van der Waals surface area contributed by atoms with Crippen LogP contribution in [-0.2, 0) is 32.4 Å². The van der Waals surface area contributed by atoms with Crippen LogP contribution in [0.1, 0.15) is 95.6 Å². The second-order valence-corrected chi connectivity index (χ2v) is 40.7. The number of fused-ring (bicyclic) bond motifs is 2. The maximum atomic E-state index is 12.7. The number of aromatic nitrogens is 12. The Hall–Kier alpha value is -6.56. The number of carbonyl (C=O) groups excluding carboxylic acids is 2. The van der Waals surface area contributed by atoms with Crippen LogP contribution >= 0.6 is 34.7 Å². The molecule has 2 saturated heterocycles. The third-order valence-electron chi connectivity index (χ3n) is 14.5. The molecule has 0 radical (unpaired) electrons. The standard InChI is InChI=1S/C31H44N8O3SSi.C17H24N4OSSi.C15H23ClN4O2/c1-20-16-32-29(34-22-10-9-13-38(17-22)30(40)42-31(3,4)5)36-26(20)24-18-39(19-41-14-15-44(6,7)8)27-23(24)11-12-25(35-27)28-33-21(2)37-43-28;1-12-10-21(11-22-8-9-24(3,4)5)16-14(12)6-7-15(19-16)17-18-13(2)20-23-17;1-10-8-17-13(19-12(10)16)18-11-6-5-7-20(9-11)14(21)22-15(2,3)4/h11-12,16,18,22H,9-10,13-15,17,19H2,1-8H3,(H,32,34,36);6-7,10H,8-9,11H2,1-5H3;8,11H,5-7,9H2,1-4H3,(H,17,18,19)/t22-;;11-/m0.0/s1. The number of likely N-dealkylation sites (tertiary alicyclic amines) is 2. The minimum absolute atomic E-state index is 0.0209. The summed E-state index contributed by atoms with van der Waals surface area (Å²) in [4.78, 5) is 65.1. The third-order valence-corrected chi connectivity index (χ3v) is 20.0. The lowest BCUT2D eigenvalue weighted by molar-refractivity contribution is 0.0196. The minimum Gasteiger partial charge on any atom is -0.444 e.